The van der Waals surface area contributed by atoms with Gasteiger partial charge in [0.25, 0.3) is 0 Å². The van der Waals surface area contributed by atoms with E-state index in [1.165, 1.54) is 0 Å². The molecule has 94 valence electrons. The lowest BCUT2D eigenvalue weighted by Gasteiger charge is -2.26. The summed E-state index contributed by atoms with van der Waals surface area (Å²) in [4.78, 5) is 14.2. The smallest absolute Gasteiger partial charge is 0.229 e. The van der Waals surface area contributed by atoms with E-state index < -0.39 is 0 Å². The molecule has 1 heterocycles. The van der Waals surface area contributed by atoms with Crippen molar-refractivity contribution >= 4 is 5.91 Å². The number of hydrogen-bond acceptors (Lipinski definition) is 3. The van der Waals surface area contributed by atoms with E-state index in [2.05, 4.69) is 19.2 Å². The van der Waals surface area contributed by atoms with E-state index in [4.69, 9.17) is 4.74 Å². The molecule has 0 aromatic carbocycles. The zero-order chi connectivity index (χ0) is 12.0. The Balaban J connectivity index is 2.56. The Morgan fingerprint density at radius 3 is 2.69 bits per heavy atom. The number of nitrogens with zero attached hydrogens (tertiary/aromatic N) is 1. The highest BCUT2D eigenvalue weighted by Gasteiger charge is 2.35. The summed E-state index contributed by atoms with van der Waals surface area (Å²) in [5, 5.41) is 3.32. The molecule has 1 amide bonds. The Bertz CT molecular complexity index is 221. The molecule has 0 radical (unpaired) electrons. The van der Waals surface area contributed by atoms with Crippen molar-refractivity contribution in [1.29, 1.82) is 0 Å². The van der Waals surface area contributed by atoms with Crippen LogP contribution in [0.4, 0.5) is 0 Å². The molecular formula is C12H24N2O2. The minimum atomic E-state index is 0.00597. The van der Waals surface area contributed by atoms with E-state index in [1.807, 2.05) is 11.8 Å². The lowest BCUT2D eigenvalue weighted by Crippen LogP contribution is -2.46. The molecule has 4 heteroatoms. The minimum absolute atomic E-state index is 0.00597. The van der Waals surface area contributed by atoms with E-state index in [9.17, 15) is 4.79 Å². The van der Waals surface area contributed by atoms with Gasteiger partial charge in [0.2, 0.25) is 5.91 Å². The zero-order valence-electron chi connectivity index (χ0n) is 10.7. The lowest BCUT2D eigenvalue weighted by molar-refractivity contribution is -0.135. The zero-order valence-corrected chi connectivity index (χ0v) is 10.7. The summed E-state index contributed by atoms with van der Waals surface area (Å²) in [6.45, 7) is 9.95. The number of nitrogens with one attached hydrogen (secondary N) is 1. The highest BCUT2D eigenvalue weighted by molar-refractivity contribution is 5.80. The SMILES string of the molecule is CCCN(CC)C(=O)C1COCC1NCC. The van der Waals surface area contributed by atoms with Gasteiger partial charge in [-0.2, -0.15) is 0 Å². The summed E-state index contributed by atoms with van der Waals surface area (Å²) in [6, 6.07) is 0.198. The number of likely N-dealkylation sites (N-methyl/N-ethyl adjacent to an activating group) is 1. The van der Waals surface area contributed by atoms with Crippen molar-refractivity contribution in [3.63, 3.8) is 0 Å². The fourth-order valence-corrected chi connectivity index (χ4v) is 2.19. The van der Waals surface area contributed by atoms with E-state index in [0.717, 1.165) is 26.1 Å². The first-order valence-corrected chi connectivity index (χ1v) is 6.34. The van der Waals surface area contributed by atoms with Crippen LogP contribution in [-0.4, -0.2) is 49.7 Å². The molecule has 1 N–H and O–H groups in total. The van der Waals surface area contributed by atoms with E-state index in [-0.39, 0.29) is 17.9 Å². The first-order valence-electron chi connectivity index (χ1n) is 6.34. The largest absolute Gasteiger partial charge is 0.379 e. The maximum absolute atomic E-state index is 12.3. The van der Waals surface area contributed by atoms with Crippen LogP contribution in [0.3, 0.4) is 0 Å². The molecule has 1 rings (SSSR count). The summed E-state index contributed by atoms with van der Waals surface area (Å²) >= 11 is 0. The molecule has 0 spiro atoms. The van der Waals surface area contributed by atoms with Crippen LogP contribution in [0.5, 0.6) is 0 Å². The van der Waals surface area contributed by atoms with Crippen molar-refractivity contribution in [2.45, 2.75) is 33.2 Å². The van der Waals surface area contributed by atoms with Gasteiger partial charge in [-0.25, -0.2) is 0 Å². The summed E-state index contributed by atoms with van der Waals surface area (Å²) in [5.74, 6) is 0.249. The quantitative estimate of drug-likeness (QED) is 0.733. The van der Waals surface area contributed by atoms with Crippen LogP contribution in [0.15, 0.2) is 0 Å². The van der Waals surface area contributed by atoms with Crippen LogP contribution in [0.25, 0.3) is 0 Å². The van der Waals surface area contributed by atoms with E-state index in [1.54, 1.807) is 0 Å². The normalized spacial score (nSPS) is 24.7. The average Bonchev–Trinajstić information content (AvgIpc) is 2.73. The number of carbonyl (C=O) groups is 1. The monoisotopic (exact) mass is 228 g/mol. The third-order valence-corrected chi connectivity index (χ3v) is 3.05. The van der Waals surface area contributed by atoms with Crippen molar-refractivity contribution in [2.75, 3.05) is 32.8 Å². The number of ether oxygens (including phenoxy) is 1. The second-order valence-corrected chi connectivity index (χ2v) is 4.23. The van der Waals surface area contributed by atoms with Gasteiger partial charge >= 0.3 is 0 Å². The minimum Gasteiger partial charge on any atom is -0.379 e. The summed E-state index contributed by atoms with van der Waals surface area (Å²) < 4.78 is 5.41. The summed E-state index contributed by atoms with van der Waals surface area (Å²) in [5.41, 5.74) is 0. The molecule has 0 saturated carbocycles. The predicted octanol–water partition coefficient (Wildman–Crippen LogP) is 0.869. The third kappa shape index (κ3) is 3.19. The van der Waals surface area contributed by atoms with Gasteiger partial charge in [-0.3, -0.25) is 4.79 Å². The van der Waals surface area contributed by atoms with Crippen LogP contribution < -0.4 is 5.32 Å². The molecule has 4 nitrogen and oxygen atoms in total. The molecule has 16 heavy (non-hydrogen) atoms. The maximum Gasteiger partial charge on any atom is 0.229 e. The molecule has 2 atom stereocenters. The van der Waals surface area contributed by atoms with Crippen LogP contribution in [0.2, 0.25) is 0 Å². The van der Waals surface area contributed by atoms with Crippen molar-refractivity contribution in [1.82, 2.24) is 10.2 Å². The molecule has 1 aliphatic rings. The molecule has 2 unspecified atom stereocenters. The first-order chi connectivity index (χ1) is 7.74. The van der Waals surface area contributed by atoms with Gasteiger partial charge in [-0.05, 0) is 19.9 Å². The summed E-state index contributed by atoms with van der Waals surface area (Å²) in [6.07, 6.45) is 1.01. The Morgan fingerprint density at radius 1 is 1.38 bits per heavy atom. The standard InChI is InChI=1S/C12H24N2O2/c1-4-7-14(6-3)12(15)10-8-16-9-11(10)13-5-2/h10-11,13H,4-9H2,1-3H3. The van der Waals surface area contributed by atoms with Gasteiger partial charge in [0.15, 0.2) is 0 Å². The predicted molar refractivity (Wildman–Crippen MR) is 64.3 cm³/mol. The van der Waals surface area contributed by atoms with E-state index >= 15 is 0 Å². The molecule has 0 aliphatic carbocycles. The molecule has 1 saturated heterocycles. The molecule has 0 bridgehead atoms. The van der Waals surface area contributed by atoms with Gasteiger partial charge in [0.1, 0.15) is 0 Å². The van der Waals surface area contributed by atoms with Gasteiger partial charge in [-0.1, -0.05) is 13.8 Å². The second kappa shape index (κ2) is 6.86. The second-order valence-electron chi connectivity index (χ2n) is 4.23. The first kappa shape index (κ1) is 13.5. The van der Waals surface area contributed by atoms with Crippen LogP contribution in [0, 0.1) is 5.92 Å². The topological polar surface area (TPSA) is 41.6 Å². The average molecular weight is 228 g/mol. The highest BCUT2D eigenvalue weighted by atomic mass is 16.5. The van der Waals surface area contributed by atoms with Crippen LogP contribution >= 0.6 is 0 Å². The summed E-state index contributed by atoms with van der Waals surface area (Å²) in [7, 11) is 0. The number of rotatable bonds is 6. The Labute approximate surface area is 98.3 Å². The van der Waals surface area contributed by atoms with E-state index in [0.29, 0.717) is 13.2 Å². The molecule has 0 aromatic rings. The molecule has 0 aromatic heterocycles. The van der Waals surface area contributed by atoms with Gasteiger partial charge < -0.3 is 15.0 Å². The van der Waals surface area contributed by atoms with Crippen LogP contribution in [0.1, 0.15) is 27.2 Å². The number of amides is 1. The Kier molecular flexibility index (Phi) is 5.77. The van der Waals surface area contributed by atoms with Crippen molar-refractivity contribution < 1.29 is 9.53 Å². The lowest BCUT2D eigenvalue weighted by atomic mass is 10.0. The fourth-order valence-electron chi connectivity index (χ4n) is 2.19. The maximum atomic E-state index is 12.3. The molecule has 1 aliphatic heterocycles. The van der Waals surface area contributed by atoms with Crippen molar-refractivity contribution in [3.8, 4) is 0 Å². The Morgan fingerprint density at radius 2 is 2.12 bits per heavy atom. The third-order valence-electron chi connectivity index (χ3n) is 3.05. The van der Waals surface area contributed by atoms with Gasteiger partial charge in [0, 0.05) is 19.1 Å². The fraction of sp³-hybridized carbons (Fsp3) is 0.917. The van der Waals surface area contributed by atoms with Crippen molar-refractivity contribution in [3.05, 3.63) is 0 Å². The number of hydrogen-bond donors (Lipinski definition) is 1. The molecule has 1 fully saturated rings. The van der Waals surface area contributed by atoms with Gasteiger partial charge in [0.05, 0.1) is 19.1 Å². The molecular weight excluding hydrogens is 204 g/mol. The Hall–Kier alpha value is -0.610. The van der Waals surface area contributed by atoms with Crippen molar-refractivity contribution in [2.24, 2.45) is 5.92 Å². The van der Waals surface area contributed by atoms with Crippen LogP contribution in [-0.2, 0) is 9.53 Å². The number of carbonyl (C=O) groups excluding carboxylic acids is 1. The highest BCUT2D eigenvalue weighted by Crippen LogP contribution is 2.16. The van der Waals surface area contributed by atoms with Gasteiger partial charge in [-0.15, -0.1) is 0 Å².